The van der Waals surface area contributed by atoms with Gasteiger partial charge in [-0.05, 0) is 31.6 Å². The minimum absolute atomic E-state index is 0.266. The number of hydrogen-bond acceptors (Lipinski definition) is 2. The van der Waals surface area contributed by atoms with Gasteiger partial charge in [-0.25, -0.2) is 4.79 Å². The van der Waals surface area contributed by atoms with Gasteiger partial charge < -0.3 is 15.3 Å². The van der Waals surface area contributed by atoms with Crippen LogP contribution in [0.25, 0.3) is 0 Å². The van der Waals surface area contributed by atoms with Crippen LogP contribution in [-0.4, -0.2) is 41.1 Å². The van der Waals surface area contributed by atoms with Crippen LogP contribution in [0.5, 0.6) is 0 Å². The minimum atomic E-state index is -1.01. The molecular formula is C12H22N2O3. The molecule has 1 aliphatic heterocycles. The fraction of sp³-hybridized carbons (Fsp3) is 0.833. The fourth-order valence-electron chi connectivity index (χ4n) is 1.96. The molecule has 0 radical (unpaired) electrons. The second-order valence-corrected chi connectivity index (χ2v) is 5.51. The summed E-state index contributed by atoms with van der Waals surface area (Å²) in [5.41, 5.74) is 0.271. The molecule has 0 saturated carbocycles. The number of likely N-dealkylation sites (tertiary alicyclic amines) is 1. The number of rotatable bonds is 2. The van der Waals surface area contributed by atoms with Gasteiger partial charge in [0.2, 0.25) is 0 Å². The molecule has 1 atom stereocenters. The topological polar surface area (TPSA) is 69.6 Å². The van der Waals surface area contributed by atoms with Crippen molar-refractivity contribution in [1.82, 2.24) is 10.2 Å². The zero-order valence-corrected chi connectivity index (χ0v) is 10.8. The lowest BCUT2D eigenvalue weighted by molar-refractivity contribution is -0.138. The van der Waals surface area contributed by atoms with E-state index in [0.29, 0.717) is 13.1 Å². The van der Waals surface area contributed by atoms with E-state index in [4.69, 9.17) is 5.11 Å². The van der Waals surface area contributed by atoms with Crippen molar-refractivity contribution < 1.29 is 14.7 Å². The van der Waals surface area contributed by atoms with E-state index in [9.17, 15) is 9.59 Å². The second kappa shape index (κ2) is 5.38. The Hall–Kier alpha value is -1.26. The lowest BCUT2D eigenvalue weighted by Gasteiger charge is -2.24. The standard InChI is InChI=1S/C12H22N2O3/c1-9(10(15)16)13-11(17)14-7-4-5-12(2,3)6-8-14/h9H,4-8H2,1-3H3,(H,13,17)(H,15,16)/t9-/m0/s1. The number of amides is 2. The van der Waals surface area contributed by atoms with Gasteiger partial charge in [0.15, 0.2) is 0 Å². The van der Waals surface area contributed by atoms with Gasteiger partial charge in [-0.1, -0.05) is 13.8 Å². The Morgan fingerprint density at radius 2 is 1.94 bits per heavy atom. The summed E-state index contributed by atoms with van der Waals surface area (Å²) < 4.78 is 0. The highest BCUT2D eigenvalue weighted by molar-refractivity contribution is 5.82. The first kappa shape index (κ1) is 13.8. The molecule has 1 aliphatic rings. The first-order valence-corrected chi connectivity index (χ1v) is 6.10. The number of nitrogens with zero attached hydrogens (tertiary/aromatic N) is 1. The number of carbonyl (C=O) groups is 2. The summed E-state index contributed by atoms with van der Waals surface area (Å²) in [6, 6.07) is -1.10. The Labute approximate surface area is 102 Å². The average molecular weight is 242 g/mol. The van der Waals surface area contributed by atoms with Gasteiger partial charge in [-0.2, -0.15) is 0 Å². The highest BCUT2D eigenvalue weighted by Crippen LogP contribution is 2.29. The summed E-state index contributed by atoms with van der Waals surface area (Å²) >= 11 is 0. The van der Waals surface area contributed by atoms with Crippen LogP contribution in [0.2, 0.25) is 0 Å². The zero-order chi connectivity index (χ0) is 13.1. The van der Waals surface area contributed by atoms with Gasteiger partial charge in [0.05, 0.1) is 0 Å². The van der Waals surface area contributed by atoms with E-state index in [2.05, 4.69) is 19.2 Å². The molecule has 2 amide bonds. The molecule has 0 aromatic heterocycles. The highest BCUT2D eigenvalue weighted by atomic mass is 16.4. The van der Waals surface area contributed by atoms with E-state index in [1.807, 2.05) is 0 Å². The first-order chi connectivity index (χ1) is 7.82. The Morgan fingerprint density at radius 1 is 1.29 bits per heavy atom. The number of nitrogens with one attached hydrogen (secondary N) is 1. The van der Waals surface area contributed by atoms with Crippen molar-refractivity contribution in [2.45, 2.75) is 46.1 Å². The summed E-state index contributed by atoms with van der Waals surface area (Å²) in [4.78, 5) is 24.2. The van der Waals surface area contributed by atoms with Crippen molar-refractivity contribution in [3.05, 3.63) is 0 Å². The van der Waals surface area contributed by atoms with Crippen LogP contribution < -0.4 is 5.32 Å². The van der Waals surface area contributed by atoms with Crippen LogP contribution >= 0.6 is 0 Å². The van der Waals surface area contributed by atoms with Gasteiger partial charge in [-0.15, -0.1) is 0 Å². The normalized spacial score (nSPS) is 21.5. The predicted molar refractivity (Wildman–Crippen MR) is 64.8 cm³/mol. The maximum absolute atomic E-state index is 11.8. The molecule has 1 saturated heterocycles. The third-order valence-electron chi connectivity index (χ3n) is 3.34. The molecule has 5 nitrogen and oxygen atoms in total. The summed E-state index contributed by atoms with van der Waals surface area (Å²) in [5.74, 6) is -1.01. The predicted octanol–water partition coefficient (Wildman–Crippen LogP) is 1.68. The maximum Gasteiger partial charge on any atom is 0.325 e. The van der Waals surface area contributed by atoms with Crippen LogP contribution in [0.1, 0.15) is 40.0 Å². The fourth-order valence-corrected chi connectivity index (χ4v) is 1.96. The molecule has 0 aromatic carbocycles. The van der Waals surface area contributed by atoms with E-state index < -0.39 is 12.0 Å². The first-order valence-electron chi connectivity index (χ1n) is 6.10. The van der Waals surface area contributed by atoms with E-state index in [-0.39, 0.29) is 11.4 Å². The van der Waals surface area contributed by atoms with E-state index >= 15 is 0 Å². The Bertz CT molecular complexity index is 302. The average Bonchev–Trinajstić information content (AvgIpc) is 2.39. The highest BCUT2D eigenvalue weighted by Gasteiger charge is 2.26. The van der Waals surface area contributed by atoms with Gasteiger partial charge in [0, 0.05) is 13.1 Å². The summed E-state index contributed by atoms with van der Waals surface area (Å²) in [6.07, 6.45) is 3.04. The van der Waals surface area contributed by atoms with Crippen LogP contribution in [0, 0.1) is 5.41 Å². The van der Waals surface area contributed by atoms with Crippen molar-refractivity contribution in [3.63, 3.8) is 0 Å². The smallest absolute Gasteiger partial charge is 0.325 e. The molecule has 2 N–H and O–H groups in total. The lowest BCUT2D eigenvalue weighted by Crippen LogP contribution is -2.47. The number of carboxylic acids is 1. The molecule has 0 aliphatic carbocycles. The lowest BCUT2D eigenvalue weighted by atomic mass is 9.85. The third-order valence-corrected chi connectivity index (χ3v) is 3.34. The zero-order valence-electron chi connectivity index (χ0n) is 10.8. The van der Waals surface area contributed by atoms with E-state index in [0.717, 1.165) is 19.3 Å². The Kier molecular flexibility index (Phi) is 4.37. The van der Waals surface area contributed by atoms with Crippen LogP contribution in [0.15, 0.2) is 0 Å². The molecule has 0 spiro atoms. The maximum atomic E-state index is 11.8. The van der Waals surface area contributed by atoms with Crippen LogP contribution in [0.3, 0.4) is 0 Å². The van der Waals surface area contributed by atoms with Crippen LogP contribution in [-0.2, 0) is 4.79 Å². The van der Waals surface area contributed by atoms with Gasteiger partial charge in [0.25, 0.3) is 0 Å². The number of carboxylic acid groups (broad SMARTS) is 1. The minimum Gasteiger partial charge on any atom is -0.480 e. The third kappa shape index (κ3) is 4.24. The molecule has 0 bridgehead atoms. The second-order valence-electron chi connectivity index (χ2n) is 5.51. The summed E-state index contributed by atoms with van der Waals surface area (Å²) in [5, 5.41) is 11.2. The van der Waals surface area contributed by atoms with Crippen molar-refractivity contribution in [2.24, 2.45) is 5.41 Å². The van der Waals surface area contributed by atoms with E-state index in [1.165, 1.54) is 6.92 Å². The number of aliphatic carboxylic acids is 1. The number of urea groups is 1. The van der Waals surface area contributed by atoms with Gasteiger partial charge >= 0.3 is 12.0 Å². The molecule has 5 heteroatoms. The molecule has 1 rings (SSSR count). The quantitative estimate of drug-likeness (QED) is 0.774. The molecule has 0 unspecified atom stereocenters. The van der Waals surface area contributed by atoms with Crippen LogP contribution in [0.4, 0.5) is 4.79 Å². The SMILES string of the molecule is C[C@H](NC(=O)N1CCCC(C)(C)CC1)C(=O)O. The van der Waals surface area contributed by atoms with E-state index in [1.54, 1.807) is 4.90 Å². The largest absolute Gasteiger partial charge is 0.480 e. The van der Waals surface area contributed by atoms with Gasteiger partial charge in [-0.3, -0.25) is 4.79 Å². The molecule has 0 aromatic rings. The van der Waals surface area contributed by atoms with Crippen molar-refractivity contribution in [1.29, 1.82) is 0 Å². The van der Waals surface area contributed by atoms with Crippen molar-refractivity contribution >= 4 is 12.0 Å². The van der Waals surface area contributed by atoms with Gasteiger partial charge in [0.1, 0.15) is 6.04 Å². The molecular weight excluding hydrogens is 220 g/mol. The number of hydrogen-bond donors (Lipinski definition) is 2. The molecule has 1 fully saturated rings. The Morgan fingerprint density at radius 3 is 2.53 bits per heavy atom. The molecule has 17 heavy (non-hydrogen) atoms. The summed E-state index contributed by atoms with van der Waals surface area (Å²) in [7, 11) is 0. The molecule has 1 heterocycles. The van der Waals surface area contributed by atoms with Crippen molar-refractivity contribution in [2.75, 3.05) is 13.1 Å². The number of carbonyl (C=O) groups excluding carboxylic acids is 1. The monoisotopic (exact) mass is 242 g/mol. The summed E-state index contributed by atoms with van der Waals surface area (Å²) in [6.45, 7) is 7.29. The molecule has 98 valence electrons. The Balaban J connectivity index is 2.50. The van der Waals surface area contributed by atoms with Crippen molar-refractivity contribution in [3.8, 4) is 0 Å².